The number of methoxy groups -OCH3 is 1. The van der Waals surface area contributed by atoms with Crippen LogP contribution in [0.1, 0.15) is 5.56 Å². The van der Waals surface area contributed by atoms with Crippen LogP contribution in [0.15, 0.2) is 23.1 Å². The Morgan fingerprint density at radius 2 is 2.05 bits per heavy atom. The average molecular weight is 311 g/mol. The number of carbonyl (C=O) groups excluding carboxylic acids is 1. The summed E-state index contributed by atoms with van der Waals surface area (Å²) in [5, 5.41) is 10.7. The maximum atomic E-state index is 12.5. The van der Waals surface area contributed by atoms with Gasteiger partial charge in [-0.1, -0.05) is 0 Å². The first-order valence-corrected chi connectivity index (χ1v) is 6.29. The van der Waals surface area contributed by atoms with Crippen LogP contribution < -0.4 is 0 Å². The van der Waals surface area contributed by atoms with Crippen molar-refractivity contribution in [3.05, 3.63) is 33.9 Å². The highest BCUT2D eigenvalue weighted by Crippen LogP contribution is 2.34. The van der Waals surface area contributed by atoms with Gasteiger partial charge in [0.05, 0.1) is 28.4 Å². The SMILES string of the molecule is COC(=O)CS(=O)c1ccc(C(F)(F)F)cc1[N+](=O)[O-]. The fraction of sp³-hybridized carbons (Fsp3) is 0.300. The molecule has 0 N–H and O–H groups in total. The molecule has 0 aliphatic rings. The summed E-state index contributed by atoms with van der Waals surface area (Å²) in [6, 6.07) is 1.57. The van der Waals surface area contributed by atoms with E-state index >= 15 is 0 Å². The summed E-state index contributed by atoms with van der Waals surface area (Å²) in [7, 11) is -1.14. The van der Waals surface area contributed by atoms with Crippen LogP contribution in [-0.4, -0.2) is 28.0 Å². The molecule has 0 radical (unpaired) electrons. The Labute approximate surface area is 113 Å². The number of nitro groups is 1. The van der Waals surface area contributed by atoms with Gasteiger partial charge in [0.25, 0.3) is 5.69 Å². The number of ether oxygens (including phenoxy) is 1. The van der Waals surface area contributed by atoms with Crippen molar-refractivity contribution in [1.29, 1.82) is 0 Å². The molecule has 0 aromatic heterocycles. The van der Waals surface area contributed by atoms with Crippen molar-refractivity contribution in [2.45, 2.75) is 11.1 Å². The third kappa shape index (κ3) is 3.76. The molecule has 1 unspecified atom stereocenters. The van der Waals surface area contributed by atoms with Crippen LogP contribution in [0.4, 0.5) is 18.9 Å². The number of nitrogens with zero attached hydrogens (tertiary/aromatic N) is 1. The number of hydrogen-bond acceptors (Lipinski definition) is 5. The topological polar surface area (TPSA) is 86.5 Å². The number of benzene rings is 1. The van der Waals surface area contributed by atoms with Crippen molar-refractivity contribution in [2.75, 3.05) is 12.9 Å². The molecule has 0 heterocycles. The smallest absolute Gasteiger partial charge is 0.416 e. The zero-order valence-electron chi connectivity index (χ0n) is 9.97. The fourth-order valence-electron chi connectivity index (χ4n) is 1.27. The van der Waals surface area contributed by atoms with Crippen LogP contribution in [0.2, 0.25) is 0 Å². The highest BCUT2D eigenvalue weighted by Gasteiger charge is 2.34. The molecule has 0 amide bonds. The third-order valence-electron chi connectivity index (χ3n) is 2.20. The van der Waals surface area contributed by atoms with Crippen molar-refractivity contribution in [1.82, 2.24) is 0 Å². The van der Waals surface area contributed by atoms with Gasteiger partial charge in [-0.3, -0.25) is 19.1 Å². The van der Waals surface area contributed by atoms with E-state index < -0.39 is 49.8 Å². The number of nitro benzene ring substituents is 1. The van der Waals surface area contributed by atoms with E-state index in [2.05, 4.69) is 4.74 Å². The third-order valence-corrected chi connectivity index (χ3v) is 3.54. The first kappa shape index (κ1) is 16.1. The second-order valence-electron chi connectivity index (χ2n) is 3.50. The molecule has 0 saturated heterocycles. The Morgan fingerprint density at radius 1 is 1.45 bits per heavy atom. The van der Waals surface area contributed by atoms with Gasteiger partial charge in [-0.15, -0.1) is 0 Å². The molecule has 0 aliphatic carbocycles. The second-order valence-corrected chi connectivity index (χ2v) is 4.92. The number of halogens is 3. The molecule has 1 aromatic rings. The lowest BCUT2D eigenvalue weighted by Crippen LogP contribution is -2.14. The summed E-state index contributed by atoms with van der Waals surface area (Å²) in [5.74, 6) is -1.57. The van der Waals surface area contributed by atoms with E-state index in [0.717, 1.165) is 13.2 Å². The molecule has 110 valence electrons. The van der Waals surface area contributed by atoms with Crippen molar-refractivity contribution in [2.24, 2.45) is 0 Å². The molecular weight excluding hydrogens is 303 g/mol. The maximum absolute atomic E-state index is 12.5. The highest BCUT2D eigenvalue weighted by atomic mass is 32.2. The van der Waals surface area contributed by atoms with Gasteiger partial charge in [0.15, 0.2) is 0 Å². The average Bonchev–Trinajstić information content (AvgIpc) is 2.36. The zero-order valence-corrected chi connectivity index (χ0v) is 10.8. The van der Waals surface area contributed by atoms with E-state index in [9.17, 15) is 32.3 Å². The molecule has 1 aromatic carbocycles. The highest BCUT2D eigenvalue weighted by molar-refractivity contribution is 7.85. The Bertz CT molecular complexity index is 573. The molecule has 0 bridgehead atoms. The number of carbonyl (C=O) groups is 1. The van der Waals surface area contributed by atoms with Crippen LogP contribution in [0, 0.1) is 10.1 Å². The van der Waals surface area contributed by atoms with E-state index in [1.807, 2.05) is 0 Å². The molecule has 0 fully saturated rings. The largest absolute Gasteiger partial charge is 0.468 e. The maximum Gasteiger partial charge on any atom is 0.416 e. The number of alkyl halides is 3. The lowest BCUT2D eigenvalue weighted by atomic mass is 10.2. The van der Waals surface area contributed by atoms with E-state index in [-0.39, 0.29) is 6.07 Å². The Balaban J connectivity index is 3.24. The van der Waals surface area contributed by atoms with E-state index in [1.54, 1.807) is 0 Å². The predicted octanol–water partition coefficient (Wildman–Crippen LogP) is 1.89. The van der Waals surface area contributed by atoms with Gasteiger partial charge in [-0.25, -0.2) is 0 Å². The van der Waals surface area contributed by atoms with Crippen LogP contribution in [0.25, 0.3) is 0 Å². The summed E-state index contributed by atoms with van der Waals surface area (Å²) in [5.41, 5.74) is -2.19. The predicted molar refractivity (Wildman–Crippen MR) is 61.4 cm³/mol. The molecule has 0 spiro atoms. The molecule has 0 aliphatic heterocycles. The molecule has 0 saturated carbocycles. The first-order valence-electron chi connectivity index (χ1n) is 4.97. The van der Waals surface area contributed by atoms with Crippen LogP contribution in [-0.2, 0) is 26.5 Å². The van der Waals surface area contributed by atoms with Gasteiger partial charge in [-0.05, 0) is 12.1 Å². The lowest BCUT2D eigenvalue weighted by Gasteiger charge is -2.08. The summed E-state index contributed by atoms with van der Waals surface area (Å²) < 4.78 is 53.3. The standard InChI is InChI=1S/C10H8F3NO5S/c1-19-9(15)5-20(18)8-3-2-6(10(11,12)13)4-7(8)14(16)17/h2-4H,5H2,1H3. The van der Waals surface area contributed by atoms with Gasteiger partial charge in [0, 0.05) is 6.07 Å². The van der Waals surface area contributed by atoms with Gasteiger partial charge in [0.2, 0.25) is 0 Å². The van der Waals surface area contributed by atoms with Crippen LogP contribution in [0.5, 0.6) is 0 Å². The van der Waals surface area contributed by atoms with Crippen molar-refractivity contribution in [3.63, 3.8) is 0 Å². The van der Waals surface area contributed by atoms with Gasteiger partial charge in [-0.2, -0.15) is 13.2 Å². The Kier molecular flexibility index (Phi) is 4.82. The number of rotatable bonds is 4. The molecule has 6 nitrogen and oxygen atoms in total. The molecule has 1 atom stereocenters. The molecular formula is C10H8F3NO5S. The zero-order chi connectivity index (χ0) is 15.5. The molecule has 1 rings (SSSR count). The fourth-order valence-corrected chi connectivity index (χ4v) is 2.35. The minimum Gasteiger partial charge on any atom is -0.468 e. The molecule has 20 heavy (non-hydrogen) atoms. The van der Waals surface area contributed by atoms with Crippen molar-refractivity contribution in [3.8, 4) is 0 Å². The summed E-state index contributed by atoms with van der Waals surface area (Å²) in [4.78, 5) is 20.1. The van der Waals surface area contributed by atoms with Crippen LogP contribution >= 0.6 is 0 Å². The van der Waals surface area contributed by atoms with E-state index in [4.69, 9.17) is 0 Å². The summed E-state index contributed by atoms with van der Waals surface area (Å²) in [6.45, 7) is 0. The normalized spacial score (nSPS) is 12.8. The Morgan fingerprint density at radius 3 is 2.50 bits per heavy atom. The number of esters is 1. The van der Waals surface area contributed by atoms with E-state index in [1.165, 1.54) is 0 Å². The quantitative estimate of drug-likeness (QED) is 0.481. The second kappa shape index (κ2) is 5.99. The summed E-state index contributed by atoms with van der Waals surface area (Å²) >= 11 is 0. The van der Waals surface area contributed by atoms with Crippen molar-refractivity contribution < 1.29 is 31.8 Å². The van der Waals surface area contributed by atoms with Gasteiger partial charge >= 0.3 is 12.1 Å². The van der Waals surface area contributed by atoms with Gasteiger partial charge in [0.1, 0.15) is 10.6 Å². The monoisotopic (exact) mass is 311 g/mol. The minimum absolute atomic E-state index is 0.282. The van der Waals surface area contributed by atoms with Gasteiger partial charge < -0.3 is 4.74 Å². The Hall–Kier alpha value is -1.97. The summed E-state index contributed by atoms with van der Waals surface area (Å²) in [6.07, 6.45) is -4.76. The van der Waals surface area contributed by atoms with Crippen LogP contribution in [0.3, 0.4) is 0 Å². The van der Waals surface area contributed by atoms with Crippen molar-refractivity contribution >= 4 is 22.5 Å². The molecule has 10 heteroatoms. The van der Waals surface area contributed by atoms with E-state index in [0.29, 0.717) is 6.07 Å². The number of hydrogen-bond donors (Lipinski definition) is 0. The first-order chi connectivity index (χ1) is 9.16. The minimum atomic E-state index is -4.76. The lowest BCUT2D eigenvalue weighted by molar-refractivity contribution is -0.388.